The largest absolute Gasteiger partial charge is 0.324 e. The number of aromatic nitrogens is 3. The summed E-state index contributed by atoms with van der Waals surface area (Å²) in [4.78, 5) is 25.0. The molecule has 0 aliphatic rings. The van der Waals surface area contributed by atoms with Crippen molar-refractivity contribution in [2.75, 3.05) is 5.32 Å². The highest BCUT2D eigenvalue weighted by molar-refractivity contribution is 5.93. The number of fused-ring (bicyclic) bond motifs is 1. The Morgan fingerprint density at radius 3 is 2.68 bits per heavy atom. The number of hydrogen-bond acceptors (Lipinski definition) is 4. The highest BCUT2D eigenvalue weighted by atomic mass is 19.2. The first kappa shape index (κ1) is 16.7. The lowest BCUT2D eigenvalue weighted by Gasteiger charge is -2.16. The molecule has 2 aromatic carbocycles. The monoisotopic (exact) mass is 344 g/mol. The molecule has 1 unspecified atom stereocenters. The third-order valence-corrected chi connectivity index (χ3v) is 3.76. The summed E-state index contributed by atoms with van der Waals surface area (Å²) >= 11 is 0. The van der Waals surface area contributed by atoms with Crippen LogP contribution in [0.15, 0.2) is 47.3 Å². The summed E-state index contributed by atoms with van der Waals surface area (Å²) in [6.07, 6.45) is 0.266. The number of carbonyl (C=O) groups excluding carboxylic acids is 1. The Morgan fingerprint density at radius 2 is 1.96 bits per heavy atom. The predicted octanol–water partition coefficient (Wildman–Crippen LogP) is 2.66. The number of nitrogens with zero attached hydrogens (tertiary/aromatic N) is 3. The molecule has 25 heavy (non-hydrogen) atoms. The molecule has 0 aliphatic carbocycles. The molecule has 3 rings (SSSR count). The van der Waals surface area contributed by atoms with Crippen molar-refractivity contribution in [1.82, 2.24) is 15.0 Å². The molecule has 8 heteroatoms. The van der Waals surface area contributed by atoms with Gasteiger partial charge in [0.05, 0.1) is 5.39 Å². The van der Waals surface area contributed by atoms with E-state index in [0.29, 0.717) is 10.9 Å². The first-order valence-electron chi connectivity index (χ1n) is 7.61. The maximum absolute atomic E-state index is 13.3. The van der Waals surface area contributed by atoms with Gasteiger partial charge in [-0.3, -0.25) is 9.59 Å². The summed E-state index contributed by atoms with van der Waals surface area (Å²) < 4.78 is 27.2. The second kappa shape index (κ2) is 6.76. The van der Waals surface area contributed by atoms with Gasteiger partial charge in [-0.1, -0.05) is 24.3 Å². The molecule has 0 saturated heterocycles. The number of amides is 1. The normalized spacial score (nSPS) is 12.1. The van der Waals surface area contributed by atoms with Crippen molar-refractivity contribution in [1.29, 1.82) is 0 Å². The van der Waals surface area contributed by atoms with Crippen LogP contribution >= 0.6 is 0 Å². The number of anilines is 1. The standard InChI is InChI=1S/C17H14F2N4O2/c1-2-15(16(24)20-10-7-8-12(18)13(19)9-10)23-17(25)11-5-3-4-6-14(11)21-22-23/h3-9,15H,2H2,1H3,(H,20,24). The van der Waals surface area contributed by atoms with Crippen LogP contribution in [0.2, 0.25) is 0 Å². The van der Waals surface area contributed by atoms with Crippen molar-refractivity contribution in [2.45, 2.75) is 19.4 Å². The van der Waals surface area contributed by atoms with Crippen molar-refractivity contribution in [3.63, 3.8) is 0 Å². The topological polar surface area (TPSA) is 76.9 Å². The van der Waals surface area contributed by atoms with Crippen LogP contribution in [0, 0.1) is 11.6 Å². The molecule has 0 aliphatic heterocycles. The molecule has 0 bridgehead atoms. The van der Waals surface area contributed by atoms with Gasteiger partial charge in [-0.05, 0) is 30.7 Å². The smallest absolute Gasteiger partial charge is 0.278 e. The molecular formula is C17H14F2N4O2. The van der Waals surface area contributed by atoms with Crippen LogP contribution in [0.3, 0.4) is 0 Å². The average Bonchev–Trinajstić information content (AvgIpc) is 2.61. The summed E-state index contributed by atoms with van der Waals surface area (Å²) in [5.41, 5.74) is 0.0710. The van der Waals surface area contributed by atoms with E-state index in [4.69, 9.17) is 0 Å². The Kier molecular flexibility index (Phi) is 4.51. The Labute approximate surface area is 141 Å². The van der Waals surface area contributed by atoms with Gasteiger partial charge in [-0.25, -0.2) is 8.78 Å². The maximum atomic E-state index is 13.3. The molecule has 128 valence electrons. The molecule has 0 fully saturated rings. The third kappa shape index (κ3) is 3.23. The van der Waals surface area contributed by atoms with Crippen LogP contribution in [0.1, 0.15) is 19.4 Å². The number of nitrogens with one attached hydrogen (secondary N) is 1. The van der Waals surface area contributed by atoms with Gasteiger partial charge in [0.1, 0.15) is 11.6 Å². The summed E-state index contributed by atoms with van der Waals surface area (Å²) in [5.74, 6) is -2.66. The summed E-state index contributed by atoms with van der Waals surface area (Å²) in [7, 11) is 0. The summed E-state index contributed by atoms with van der Waals surface area (Å²) in [6.45, 7) is 1.71. The fourth-order valence-corrected chi connectivity index (χ4v) is 2.47. The molecule has 1 N–H and O–H groups in total. The minimum absolute atomic E-state index is 0.0872. The van der Waals surface area contributed by atoms with Gasteiger partial charge in [0, 0.05) is 11.8 Å². The zero-order valence-corrected chi connectivity index (χ0v) is 13.2. The van der Waals surface area contributed by atoms with Crippen LogP contribution in [-0.4, -0.2) is 20.9 Å². The zero-order valence-electron chi connectivity index (χ0n) is 13.2. The van der Waals surface area contributed by atoms with Crippen molar-refractivity contribution in [3.05, 3.63) is 64.5 Å². The average molecular weight is 344 g/mol. The van der Waals surface area contributed by atoms with E-state index in [-0.39, 0.29) is 12.1 Å². The number of hydrogen-bond donors (Lipinski definition) is 1. The van der Waals surface area contributed by atoms with Crippen LogP contribution in [0.5, 0.6) is 0 Å². The van der Waals surface area contributed by atoms with Gasteiger partial charge in [-0.15, -0.1) is 5.10 Å². The first-order valence-corrected chi connectivity index (χ1v) is 7.61. The van der Waals surface area contributed by atoms with Gasteiger partial charge in [0.2, 0.25) is 5.91 Å². The quantitative estimate of drug-likeness (QED) is 0.789. The third-order valence-electron chi connectivity index (χ3n) is 3.76. The van der Waals surface area contributed by atoms with Crippen molar-refractivity contribution >= 4 is 22.5 Å². The van der Waals surface area contributed by atoms with Gasteiger partial charge < -0.3 is 5.32 Å². The molecule has 0 saturated carbocycles. The van der Waals surface area contributed by atoms with Crippen molar-refractivity contribution < 1.29 is 13.6 Å². The molecule has 1 atom stereocenters. The second-order valence-electron chi connectivity index (χ2n) is 5.40. The highest BCUT2D eigenvalue weighted by Gasteiger charge is 2.22. The molecule has 1 amide bonds. The minimum atomic E-state index is -1.08. The summed E-state index contributed by atoms with van der Waals surface area (Å²) in [6, 6.07) is 8.75. The van der Waals surface area contributed by atoms with Crippen LogP contribution in [0.25, 0.3) is 10.9 Å². The van der Waals surface area contributed by atoms with E-state index in [1.807, 2.05) is 0 Å². The Hall–Kier alpha value is -3.16. The molecule has 6 nitrogen and oxygen atoms in total. The van der Waals surface area contributed by atoms with Crippen LogP contribution < -0.4 is 10.9 Å². The predicted molar refractivity (Wildman–Crippen MR) is 88.1 cm³/mol. The molecule has 3 aromatic rings. The van der Waals surface area contributed by atoms with Crippen LogP contribution in [-0.2, 0) is 4.79 Å². The molecule has 1 aromatic heterocycles. The van der Waals surface area contributed by atoms with Gasteiger partial charge in [-0.2, -0.15) is 4.68 Å². The maximum Gasteiger partial charge on any atom is 0.278 e. The molecule has 1 heterocycles. The SMILES string of the molecule is CCC(C(=O)Nc1ccc(F)c(F)c1)n1nnc2ccccc2c1=O. The minimum Gasteiger partial charge on any atom is -0.324 e. The lowest BCUT2D eigenvalue weighted by molar-refractivity contribution is -0.119. The lowest BCUT2D eigenvalue weighted by Crippen LogP contribution is -2.35. The van der Waals surface area contributed by atoms with Crippen LogP contribution in [0.4, 0.5) is 14.5 Å². The van der Waals surface area contributed by atoms with Gasteiger partial charge in [0.15, 0.2) is 11.6 Å². The number of benzene rings is 2. The van der Waals surface area contributed by atoms with E-state index in [0.717, 1.165) is 16.8 Å². The van der Waals surface area contributed by atoms with Gasteiger partial charge in [0.25, 0.3) is 5.56 Å². The summed E-state index contributed by atoms with van der Waals surface area (Å²) in [5, 5.41) is 10.6. The second-order valence-corrected chi connectivity index (χ2v) is 5.40. The molecule has 0 spiro atoms. The zero-order chi connectivity index (χ0) is 18.0. The van der Waals surface area contributed by atoms with E-state index >= 15 is 0 Å². The number of carbonyl (C=O) groups is 1. The fraction of sp³-hybridized carbons (Fsp3) is 0.176. The molecule has 0 radical (unpaired) electrons. The first-order chi connectivity index (χ1) is 12.0. The van der Waals surface area contributed by atoms with E-state index in [9.17, 15) is 18.4 Å². The van der Waals surface area contributed by atoms with E-state index in [2.05, 4.69) is 15.6 Å². The number of rotatable bonds is 4. The Morgan fingerprint density at radius 1 is 1.20 bits per heavy atom. The van der Waals surface area contributed by atoms with Gasteiger partial charge >= 0.3 is 0 Å². The van der Waals surface area contributed by atoms with Crippen molar-refractivity contribution in [3.8, 4) is 0 Å². The lowest BCUT2D eigenvalue weighted by atomic mass is 10.2. The van der Waals surface area contributed by atoms with E-state index in [1.54, 1.807) is 31.2 Å². The Bertz CT molecular complexity index is 1000. The van der Waals surface area contributed by atoms with Crippen molar-refractivity contribution in [2.24, 2.45) is 0 Å². The Balaban J connectivity index is 1.94. The van der Waals surface area contributed by atoms with E-state index < -0.39 is 29.1 Å². The highest BCUT2D eigenvalue weighted by Crippen LogP contribution is 2.17. The fourth-order valence-electron chi connectivity index (χ4n) is 2.47. The molecular weight excluding hydrogens is 330 g/mol. The number of halogens is 2. The van der Waals surface area contributed by atoms with E-state index in [1.165, 1.54) is 6.07 Å².